The van der Waals surface area contributed by atoms with E-state index in [0.29, 0.717) is 0 Å². The largest absolute Gasteiger partial charge is 0.237 e. The van der Waals surface area contributed by atoms with Crippen LogP contribution in [0.15, 0.2) is 48.5 Å². The Morgan fingerprint density at radius 3 is 2.45 bits per heavy atom. The van der Waals surface area contributed by atoms with Crippen LogP contribution in [0.25, 0.3) is 11.0 Å². The van der Waals surface area contributed by atoms with Gasteiger partial charge in [-0.3, -0.25) is 0 Å². The first-order chi connectivity index (χ1) is 10.5. The molecular formula is C17H20ClN3Si. The summed E-state index contributed by atoms with van der Waals surface area (Å²) in [5, 5.41) is 9.53. The molecule has 1 aromatic heterocycles. The number of hydrogen-bond acceptors (Lipinski definition) is 2. The highest BCUT2D eigenvalue weighted by atomic mass is 35.5. The van der Waals surface area contributed by atoms with Gasteiger partial charge in [0.25, 0.3) is 0 Å². The van der Waals surface area contributed by atoms with Crippen molar-refractivity contribution in [2.45, 2.75) is 31.7 Å². The van der Waals surface area contributed by atoms with Gasteiger partial charge in [-0.1, -0.05) is 66.8 Å². The van der Waals surface area contributed by atoms with E-state index in [1.165, 1.54) is 0 Å². The Balaban J connectivity index is 2.15. The van der Waals surface area contributed by atoms with Crippen LogP contribution in [-0.4, -0.2) is 23.1 Å². The summed E-state index contributed by atoms with van der Waals surface area (Å²) in [6.45, 7) is 7.11. The summed E-state index contributed by atoms with van der Waals surface area (Å²) in [4.78, 5) is 0. The second kappa shape index (κ2) is 5.86. The van der Waals surface area contributed by atoms with Gasteiger partial charge in [0.05, 0.1) is 11.6 Å². The van der Waals surface area contributed by atoms with Crippen molar-refractivity contribution in [2.75, 3.05) is 0 Å². The van der Waals surface area contributed by atoms with Crippen LogP contribution >= 0.6 is 11.6 Å². The molecule has 0 saturated carbocycles. The molecular weight excluding hydrogens is 310 g/mol. The molecule has 0 saturated heterocycles. The van der Waals surface area contributed by atoms with E-state index >= 15 is 0 Å². The van der Waals surface area contributed by atoms with Gasteiger partial charge in [-0.05, 0) is 29.8 Å². The standard InChI is InChI=1S/C17H20ClN3Si/c1-22(2,3)12-17(13-8-4-5-9-14(13)18)21-16-11-7-6-10-15(16)19-20-21/h4-11,17H,12H2,1-3H3/t17-/m0/s1. The number of fused-ring (bicyclic) bond motifs is 1. The van der Waals surface area contributed by atoms with Gasteiger partial charge >= 0.3 is 0 Å². The lowest BCUT2D eigenvalue weighted by Crippen LogP contribution is -2.27. The fourth-order valence-corrected chi connectivity index (χ4v) is 4.59. The molecule has 3 nitrogen and oxygen atoms in total. The molecule has 0 aliphatic rings. The third-order valence-corrected chi connectivity index (χ3v) is 5.70. The van der Waals surface area contributed by atoms with Crippen LogP contribution in [0.2, 0.25) is 30.7 Å². The molecule has 0 N–H and O–H groups in total. The number of halogens is 1. The first-order valence-electron chi connectivity index (χ1n) is 7.50. The van der Waals surface area contributed by atoms with Crippen LogP contribution in [0.3, 0.4) is 0 Å². The summed E-state index contributed by atoms with van der Waals surface area (Å²) in [5.41, 5.74) is 3.11. The number of benzene rings is 2. The van der Waals surface area contributed by atoms with Gasteiger partial charge in [-0.15, -0.1) is 5.10 Å². The maximum absolute atomic E-state index is 6.47. The molecule has 0 amide bonds. The normalized spacial score (nSPS) is 13.5. The lowest BCUT2D eigenvalue weighted by Gasteiger charge is -2.26. The predicted molar refractivity (Wildman–Crippen MR) is 95.3 cm³/mol. The van der Waals surface area contributed by atoms with E-state index in [0.717, 1.165) is 27.7 Å². The summed E-state index contributed by atoms with van der Waals surface area (Å²) in [6, 6.07) is 17.4. The van der Waals surface area contributed by atoms with E-state index < -0.39 is 8.07 Å². The monoisotopic (exact) mass is 329 g/mol. The molecule has 3 rings (SSSR count). The molecule has 3 aromatic rings. The maximum Gasteiger partial charge on any atom is 0.113 e. The molecule has 1 heterocycles. The molecule has 0 unspecified atom stereocenters. The van der Waals surface area contributed by atoms with Gasteiger partial charge in [0.15, 0.2) is 0 Å². The summed E-state index contributed by atoms with van der Waals surface area (Å²) in [7, 11) is -1.32. The maximum atomic E-state index is 6.47. The fourth-order valence-electron chi connectivity index (χ4n) is 2.77. The fraction of sp³-hybridized carbons (Fsp3) is 0.294. The van der Waals surface area contributed by atoms with Crippen molar-refractivity contribution in [3.8, 4) is 0 Å². The minimum atomic E-state index is -1.32. The Labute approximate surface area is 136 Å². The number of para-hydroxylation sites is 1. The molecule has 0 bridgehead atoms. The molecule has 5 heteroatoms. The minimum absolute atomic E-state index is 0.132. The molecule has 114 valence electrons. The van der Waals surface area contributed by atoms with Crippen LogP contribution < -0.4 is 0 Å². The Morgan fingerprint density at radius 2 is 1.73 bits per heavy atom. The molecule has 0 fully saturated rings. The molecule has 2 aromatic carbocycles. The number of nitrogens with zero attached hydrogens (tertiary/aromatic N) is 3. The predicted octanol–water partition coefficient (Wildman–Crippen LogP) is 5.01. The van der Waals surface area contributed by atoms with E-state index in [9.17, 15) is 0 Å². The zero-order valence-corrected chi connectivity index (χ0v) is 14.9. The minimum Gasteiger partial charge on any atom is -0.237 e. The number of hydrogen-bond donors (Lipinski definition) is 0. The van der Waals surface area contributed by atoms with Crippen LogP contribution in [0.5, 0.6) is 0 Å². The van der Waals surface area contributed by atoms with Crippen molar-refractivity contribution in [3.63, 3.8) is 0 Å². The van der Waals surface area contributed by atoms with Gasteiger partial charge in [0.1, 0.15) is 5.52 Å². The average molecular weight is 330 g/mol. The van der Waals surface area contributed by atoms with Crippen molar-refractivity contribution in [2.24, 2.45) is 0 Å². The van der Waals surface area contributed by atoms with Crippen molar-refractivity contribution >= 4 is 30.7 Å². The van der Waals surface area contributed by atoms with Gasteiger partial charge < -0.3 is 0 Å². The zero-order chi connectivity index (χ0) is 15.7. The number of rotatable bonds is 4. The Morgan fingerprint density at radius 1 is 1.05 bits per heavy atom. The van der Waals surface area contributed by atoms with Crippen molar-refractivity contribution < 1.29 is 0 Å². The second-order valence-corrected chi connectivity index (χ2v) is 12.8. The third-order valence-electron chi connectivity index (χ3n) is 3.74. The second-order valence-electron chi connectivity index (χ2n) is 6.82. The molecule has 0 aliphatic carbocycles. The highest BCUT2D eigenvalue weighted by molar-refractivity contribution is 6.76. The van der Waals surface area contributed by atoms with Crippen molar-refractivity contribution in [1.82, 2.24) is 15.0 Å². The van der Waals surface area contributed by atoms with Crippen LogP contribution in [0.1, 0.15) is 11.6 Å². The lowest BCUT2D eigenvalue weighted by atomic mass is 10.1. The Hall–Kier alpha value is -1.65. The average Bonchev–Trinajstić information content (AvgIpc) is 2.88. The highest BCUT2D eigenvalue weighted by Crippen LogP contribution is 2.33. The summed E-state index contributed by atoms with van der Waals surface area (Å²) < 4.78 is 2.04. The number of aromatic nitrogens is 3. The van der Waals surface area contributed by atoms with Gasteiger partial charge in [-0.25, -0.2) is 4.68 Å². The van der Waals surface area contributed by atoms with Crippen molar-refractivity contribution in [3.05, 3.63) is 59.1 Å². The smallest absolute Gasteiger partial charge is 0.113 e. The molecule has 0 spiro atoms. The van der Waals surface area contributed by atoms with Crippen LogP contribution in [0.4, 0.5) is 0 Å². The summed E-state index contributed by atoms with van der Waals surface area (Å²) in [6.07, 6.45) is 0. The quantitative estimate of drug-likeness (QED) is 0.630. The topological polar surface area (TPSA) is 30.7 Å². The van der Waals surface area contributed by atoms with Crippen molar-refractivity contribution in [1.29, 1.82) is 0 Å². The van der Waals surface area contributed by atoms with E-state index in [4.69, 9.17) is 11.6 Å². The highest BCUT2D eigenvalue weighted by Gasteiger charge is 2.26. The van der Waals surface area contributed by atoms with Crippen LogP contribution in [-0.2, 0) is 0 Å². The molecule has 22 heavy (non-hydrogen) atoms. The Kier molecular flexibility index (Phi) is 4.06. The first-order valence-corrected chi connectivity index (χ1v) is 11.6. The van der Waals surface area contributed by atoms with E-state index in [1.807, 2.05) is 41.1 Å². The van der Waals surface area contributed by atoms with E-state index in [1.54, 1.807) is 0 Å². The Bertz CT molecular complexity index is 792. The molecule has 0 radical (unpaired) electrons. The first kappa shape index (κ1) is 15.3. The lowest BCUT2D eigenvalue weighted by molar-refractivity contribution is 0.554. The van der Waals surface area contributed by atoms with Crippen LogP contribution in [0, 0.1) is 0 Å². The van der Waals surface area contributed by atoms with Gasteiger partial charge in [-0.2, -0.15) is 0 Å². The third kappa shape index (κ3) is 3.08. The summed E-state index contributed by atoms with van der Waals surface area (Å²) in [5.74, 6) is 0. The summed E-state index contributed by atoms with van der Waals surface area (Å²) >= 11 is 6.47. The molecule has 0 aliphatic heterocycles. The van der Waals surface area contributed by atoms with Gasteiger partial charge in [0, 0.05) is 13.1 Å². The zero-order valence-electron chi connectivity index (χ0n) is 13.1. The van der Waals surface area contributed by atoms with E-state index in [-0.39, 0.29) is 6.04 Å². The SMILES string of the molecule is C[Si](C)(C)C[C@@H](c1ccccc1Cl)n1nnc2ccccc21. The molecule has 1 atom stereocenters. The van der Waals surface area contributed by atoms with E-state index in [2.05, 4.69) is 42.1 Å². The van der Waals surface area contributed by atoms with Gasteiger partial charge in [0.2, 0.25) is 0 Å².